The quantitative estimate of drug-likeness (QED) is 0.665. The molecule has 0 fully saturated rings. The van der Waals surface area contributed by atoms with E-state index in [9.17, 15) is 18.0 Å². The van der Waals surface area contributed by atoms with E-state index in [0.29, 0.717) is 0 Å². The summed E-state index contributed by atoms with van der Waals surface area (Å²) >= 11 is 0. The summed E-state index contributed by atoms with van der Waals surface area (Å²) in [6.45, 7) is 0. The van der Waals surface area contributed by atoms with Gasteiger partial charge in [0.25, 0.3) is 5.91 Å². The molecular formula is C16H13F3N2O. The maximum atomic E-state index is 12.8. The zero-order chi connectivity index (χ0) is 16.0. The van der Waals surface area contributed by atoms with Gasteiger partial charge in [0.2, 0.25) is 0 Å². The van der Waals surface area contributed by atoms with E-state index >= 15 is 0 Å². The summed E-state index contributed by atoms with van der Waals surface area (Å²) in [4.78, 5) is 11.6. The van der Waals surface area contributed by atoms with Gasteiger partial charge in [-0.1, -0.05) is 42.5 Å². The molecule has 22 heavy (non-hydrogen) atoms. The average Bonchev–Trinajstić information content (AvgIpc) is 2.51. The Morgan fingerprint density at radius 2 is 1.59 bits per heavy atom. The third-order valence-corrected chi connectivity index (χ3v) is 2.78. The second-order valence-electron chi connectivity index (χ2n) is 4.40. The molecule has 3 nitrogen and oxygen atoms in total. The molecule has 0 radical (unpaired) electrons. The molecule has 2 aromatic carbocycles. The Balaban J connectivity index is 1.99. The fourth-order valence-corrected chi connectivity index (χ4v) is 1.75. The number of rotatable bonds is 4. The van der Waals surface area contributed by atoms with E-state index in [1.54, 1.807) is 18.2 Å². The molecular weight excluding hydrogens is 293 g/mol. The first-order valence-electron chi connectivity index (χ1n) is 6.42. The zero-order valence-electron chi connectivity index (χ0n) is 11.4. The number of carbonyl (C=O) groups is 1. The molecule has 0 atom stereocenters. The molecule has 0 saturated heterocycles. The Labute approximate surface area is 125 Å². The van der Waals surface area contributed by atoms with Gasteiger partial charge < -0.3 is 0 Å². The molecule has 0 bridgehead atoms. The van der Waals surface area contributed by atoms with Crippen molar-refractivity contribution >= 4 is 17.7 Å². The molecule has 0 aliphatic heterocycles. The smallest absolute Gasteiger partial charge is 0.298 e. The maximum absolute atomic E-state index is 12.8. The number of alkyl halides is 3. The predicted molar refractivity (Wildman–Crippen MR) is 78.7 cm³/mol. The number of hydrogen-bond donors (Lipinski definition) is 2. The molecule has 0 saturated carbocycles. The third-order valence-electron chi connectivity index (χ3n) is 2.78. The van der Waals surface area contributed by atoms with Gasteiger partial charge in [-0.05, 0) is 23.8 Å². The molecule has 0 aliphatic rings. The fraction of sp³-hybridized carbons (Fsp3) is 0.0625. The Hall–Kier alpha value is -2.76. The van der Waals surface area contributed by atoms with Crippen LogP contribution in [0.2, 0.25) is 0 Å². The number of benzene rings is 2. The van der Waals surface area contributed by atoms with Crippen molar-refractivity contribution in [2.24, 2.45) is 0 Å². The van der Waals surface area contributed by atoms with Crippen molar-refractivity contribution in [2.45, 2.75) is 6.18 Å². The largest absolute Gasteiger partial charge is 0.418 e. The lowest BCUT2D eigenvalue weighted by molar-refractivity contribution is -0.137. The highest BCUT2D eigenvalue weighted by Crippen LogP contribution is 2.34. The van der Waals surface area contributed by atoms with Crippen molar-refractivity contribution in [3.8, 4) is 0 Å². The highest BCUT2D eigenvalue weighted by Gasteiger charge is 2.33. The zero-order valence-corrected chi connectivity index (χ0v) is 11.4. The van der Waals surface area contributed by atoms with Gasteiger partial charge in [0.1, 0.15) is 0 Å². The Morgan fingerprint density at radius 1 is 0.955 bits per heavy atom. The minimum Gasteiger partial charge on any atom is -0.298 e. The van der Waals surface area contributed by atoms with Crippen LogP contribution in [0.15, 0.2) is 60.7 Å². The average molecular weight is 306 g/mol. The monoisotopic (exact) mass is 306 g/mol. The van der Waals surface area contributed by atoms with E-state index in [0.717, 1.165) is 11.6 Å². The first-order valence-corrected chi connectivity index (χ1v) is 6.42. The number of amides is 1. The molecule has 0 heterocycles. The van der Waals surface area contributed by atoms with Crippen LogP contribution in [0.25, 0.3) is 6.08 Å². The first kappa shape index (κ1) is 15.6. The predicted octanol–water partition coefficient (Wildman–Crippen LogP) is 3.86. The maximum Gasteiger partial charge on any atom is 0.418 e. The fourth-order valence-electron chi connectivity index (χ4n) is 1.75. The van der Waals surface area contributed by atoms with Crippen LogP contribution < -0.4 is 10.9 Å². The normalized spacial score (nSPS) is 11.4. The van der Waals surface area contributed by atoms with Crippen LogP contribution in [0.1, 0.15) is 11.1 Å². The lowest BCUT2D eigenvalue weighted by Crippen LogP contribution is -2.28. The highest BCUT2D eigenvalue weighted by molar-refractivity contribution is 5.92. The molecule has 2 aromatic rings. The summed E-state index contributed by atoms with van der Waals surface area (Å²) in [7, 11) is 0. The van der Waals surface area contributed by atoms with Crippen molar-refractivity contribution in [1.82, 2.24) is 5.43 Å². The van der Waals surface area contributed by atoms with Crippen molar-refractivity contribution in [3.63, 3.8) is 0 Å². The molecule has 0 spiro atoms. The second kappa shape index (κ2) is 6.80. The van der Waals surface area contributed by atoms with Crippen LogP contribution >= 0.6 is 0 Å². The van der Waals surface area contributed by atoms with Crippen molar-refractivity contribution in [1.29, 1.82) is 0 Å². The molecule has 2 N–H and O–H groups in total. The van der Waals surface area contributed by atoms with E-state index in [1.165, 1.54) is 24.3 Å². The van der Waals surface area contributed by atoms with Crippen LogP contribution in [0.3, 0.4) is 0 Å². The van der Waals surface area contributed by atoms with E-state index in [-0.39, 0.29) is 5.69 Å². The standard InChI is InChI=1S/C16H13F3N2O/c17-16(18,19)13-8-4-5-9-14(13)20-21-15(22)11-10-12-6-2-1-3-7-12/h1-11,20H,(H,21,22)/b11-10+. The number of nitrogens with one attached hydrogen (secondary N) is 2. The van der Waals surface area contributed by atoms with Crippen LogP contribution in [0.5, 0.6) is 0 Å². The minimum absolute atomic E-state index is 0.212. The number of hydrogen-bond acceptors (Lipinski definition) is 2. The number of para-hydroxylation sites is 1. The summed E-state index contributed by atoms with van der Waals surface area (Å²) < 4.78 is 38.3. The van der Waals surface area contributed by atoms with Gasteiger partial charge in [-0.3, -0.25) is 15.6 Å². The summed E-state index contributed by atoms with van der Waals surface area (Å²) in [6.07, 6.45) is -1.70. The molecule has 0 aromatic heterocycles. The van der Waals surface area contributed by atoms with Crippen molar-refractivity contribution in [2.75, 3.05) is 5.43 Å². The van der Waals surface area contributed by atoms with Crippen LogP contribution in [0, 0.1) is 0 Å². The van der Waals surface area contributed by atoms with Crippen molar-refractivity contribution in [3.05, 3.63) is 71.8 Å². The third kappa shape index (κ3) is 4.37. The summed E-state index contributed by atoms with van der Waals surface area (Å²) in [5, 5.41) is 0. The van der Waals surface area contributed by atoms with Crippen molar-refractivity contribution < 1.29 is 18.0 Å². The topological polar surface area (TPSA) is 41.1 Å². The summed E-state index contributed by atoms with van der Waals surface area (Å²) in [6, 6.07) is 14.0. The number of halogens is 3. The Morgan fingerprint density at radius 3 is 2.27 bits per heavy atom. The highest BCUT2D eigenvalue weighted by atomic mass is 19.4. The van der Waals surface area contributed by atoms with Gasteiger partial charge in [0.15, 0.2) is 0 Å². The lowest BCUT2D eigenvalue weighted by atomic mass is 10.2. The summed E-state index contributed by atoms with van der Waals surface area (Å²) in [5.41, 5.74) is 4.25. The SMILES string of the molecule is O=C(/C=C/c1ccccc1)NNc1ccccc1C(F)(F)F. The van der Waals surface area contributed by atoms with Gasteiger partial charge in [-0.15, -0.1) is 0 Å². The minimum atomic E-state index is -4.49. The van der Waals surface area contributed by atoms with Gasteiger partial charge in [-0.25, -0.2) is 0 Å². The van der Waals surface area contributed by atoms with E-state index in [4.69, 9.17) is 0 Å². The molecule has 6 heteroatoms. The van der Waals surface area contributed by atoms with Gasteiger partial charge in [0, 0.05) is 6.08 Å². The van der Waals surface area contributed by atoms with E-state index < -0.39 is 17.6 Å². The first-order chi connectivity index (χ1) is 10.5. The molecule has 0 aliphatic carbocycles. The molecule has 0 unspecified atom stereocenters. The van der Waals surface area contributed by atoms with Gasteiger partial charge in [0.05, 0.1) is 11.3 Å². The second-order valence-corrected chi connectivity index (χ2v) is 4.40. The van der Waals surface area contributed by atoms with Crippen LogP contribution in [-0.4, -0.2) is 5.91 Å². The number of hydrazine groups is 1. The van der Waals surface area contributed by atoms with Crippen LogP contribution in [0.4, 0.5) is 18.9 Å². The van der Waals surface area contributed by atoms with Crippen LogP contribution in [-0.2, 0) is 11.0 Å². The van der Waals surface area contributed by atoms with Gasteiger partial charge >= 0.3 is 6.18 Å². The lowest BCUT2D eigenvalue weighted by Gasteiger charge is -2.14. The number of anilines is 1. The Kier molecular flexibility index (Phi) is 4.83. The molecule has 114 valence electrons. The molecule has 1 amide bonds. The number of carbonyl (C=O) groups excluding carboxylic acids is 1. The Bertz CT molecular complexity index is 667. The molecule has 2 rings (SSSR count). The van der Waals surface area contributed by atoms with Gasteiger partial charge in [-0.2, -0.15) is 13.2 Å². The van der Waals surface area contributed by atoms with E-state index in [1.807, 2.05) is 18.2 Å². The summed E-state index contributed by atoms with van der Waals surface area (Å²) in [5.74, 6) is -0.555. The van der Waals surface area contributed by atoms with E-state index in [2.05, 4.69) is 10.9 Å².